The van der Waals surface area contributed by atoms with Crippen LogP contribution in [0.15, 0.2) is 36.4 Å². The summed E-state index contributed by atoms with van der Waals surface area (Å²) in [5, 5.41) is 0. The molecule has 1 fully saturated rings. The van der Waals surface area contributed by atoms with E-state index in [1.807, 2.05) is 6.07 Å². The van der Waals surface area contributed by atoms with Crippen LogP contribution < -0.4 is 14.2 Å². The molecule has 0 saturated heterocycles. The number of esters is 1. The van der Waals surface area contributed by atoms with Crippen molar-refractivity contribution in [3.63, 3.8) is 0 Å². The lowest BCUT2D eigenvalue weighted by atomic mass is 9.69. The van der Waals surface area contributed by atoms with E-state index in [0.717, 1.165) is 31.0 Å². The van der Waals surface area contributed by atoms with Gasteiger partial charge in [0.05, 0.1) is 19.8 Å². The molecule has 6 heteroatoms. The first kappa shape index (κ1) is 20.2. The van der Waals surface area contributed by atoms with Crippen LogP contribution in [0.3, 0.4) is 0 Å². The zero-order chi connectivity index (χ0) is 21.8. The first-order valence-corrected chi connectivity index (χ1v) is 10.9. The molecular weight excluding hydrogens is 394 g/mol. The number of benzene rings is 2. The highest BCUT2D eigenvalue weighted by Crippen LogP contribution is 2.61. The van der Waals surface area contributed by atoms with Crippen molar-refractivity contribution in [2.24, 2.45) is 5.92 Å². The molecule has 164 valence electrons. The van der Waals surface area contributed by atoms with E-state index in [9.17, 15) is 4.79 Å². The molecule has 1 aliphatic carbocycles. The SMILES string of the molecule is COc1ccc(C(=O)O[C@@H]2CC3Oc4c(OC)ccc5c4[C@]3(CCN(C)C5)C2C)cc1. The van der Waals surface area contributed by atoms with Gasteiger partial charge in [0, 0.05) is 29.9 Å². The number of rotatable bonds is 4. The Morgan fingerprint density at radius 2 is 1.90 bits per heavy atom. The highest BCUT2D eigenvalue weighted by atomic mass is 16.6. The summed E-state index contributed by atoms with van der Waals surface area (Å²) in [6.07, 6.45) is 1.44. The standard InChI is InChI=1S/C25H29NO5/c1-15-20(30-24(27)16-5-8-18(28-3)9-6-16)13-21-25(15)11-12-26(2)14-17-7-10-19(29-4)23(31-21)22(17)25/h5-10,15,20-21H,11-14H2,1-4H3/t15?,20-,21?,25-/m1/s1. The fourth-order valence-corrected chi connectivity index (χ4v) is 5.80. The second-order valence-electron chi connectivity index (χ2n) is 8.96. The van der Waals surface area contributed by atoms with Crippen molar-refractivity contribution in [1.29, 1.82) is 0 Å². The molecule has 2 aromatic rings. The van der Waals surface area contributed by atoms with Crippen molar-refractivity contribution in [3.8, 4) is 17.2 Å². The molecule has 6 nitrogen and oxygen atoms in total. The van der Waals surface area contributed by atoms with Crippen molar-refractivity contribution in [2.75, 3.05) is 27.8 Å². The number of hydrogen-bond acceptors (Lipinski definition) is 6. The molecule has 0 bridgehead atoms. The predicted molar refractivity (Wildman–Crippen MR) is 116 cm³/mol. The fourth-order valence-electron chi connectivity index (χ4n) is 5.80. The molecule has 4 atom stereocenters. The minimum absolute atomic E-state index is 0.0206. The van der Waals surface area contributed by atoms with Gasteiger partial charge in [-0.25, -0.2) is 4.79 Å². The van der Waals surface area contributed by atoms with Crippen LogP contribution in [0.5, 0.6) is 17.2 Å². The van der Waals surface area contributed by atoms with E-state index in [4.69, 9.17) is 18.9 Å². The Bertz CT molecular complexity index is 1000. The van der Waals surface area contributed by atoms with Crippen molar-refractivity contribution in [3.05, 3.63) is 53.1 Å². The smallest absolute Gasteiger partial charge is 0.338 e. The Balaban J connectivity index is 1.47. The van der Waals surface area contributed by atoms with Crippen LogP contribution in [0.4, 0.5) is 0 Å². The van der Waals surface area contributed by atoms with Crippen LogP contribution in [0.1, 0.15) is 41.3 Å². The highest BCUT2D eigenvalue weighted by molar-refractivity contribution is 5.89. The van der Waals surface area contributed by atoms with Crippen LogP contribution in [0, 0.1) is 5.92 Å². The minimum atomic E-state index is -0.298. The van der Waals surface area contributed by atoms with E-state index in [1.165, 1.54) is 11.1 Å². The third-order valence-electron chi connectivity index (χ3n) is 7.48. The molecule has 2 aromatic carbocycles. The van der Waals surface area contributed by atoms with Gasteiger partial charge in [-0.15, -0.1) is 0 Å². The summed E-state index contributed by atoms with van der Waals surface area (Å²) < 4.78 is 23.4. The van der Waals surface area contributed by atoms with Crippen LogP contribution >= 0.6 is 0 Å². The van der Waals surface area contributed by atoms with E-state index in [1.54, 1.807) is 38.5 Å². The maximum atomic E-state index is 12.9. The monoisotopic (exact) mass is 423 g/mol. The largest absolute Gasteiger partial charge is 0.497 e. The Kier molecular flexibility index (Phi) is 4.85. The van der Waals surface area contributed by atoms with Gasteiger partial charge in [-0.3, -0.25) is 0 Å². The lowest BCUT2D eigenvalue weighted by Gasteiger charge is -2.34. The van der Waals surface area contributed by atoms with Crippen molar-refractivity contribution >= 4 is 5.97 Å². The zero-order valence-electron chi connectivity index (χ0n) is 18.5. The molecule has 0 N–H and O–H groups in total. The van der Waals surface area contributed by atoms with E-state index < -0.39 is 0 Å². The van der Waals surface area contributed by atoms with Crippen LogP contribution in [-0.2, 0) is 16.7 Å². The predicted octanol–water partition coefficient (Wildman–Crippen LogP) is 3.80. The van der Waals surface area contributed by atoms with Gasteiger partial charge in [0.15, 0.2) is 11.5 Å². The Morgan fingerprint density at radius 3 is 2.61 bits per heavy atom. The van der Waals surface area contributed by atoms with E-state index >= 15 is 0 Å². The number of carbonyl (C=O) groups excluding carboxylic acids is 1. The summed E-state index contributed by atoms with van der Waals surface area (Å²) in [6, 6.07) is 11.2. The van der Waals surface area contributed by atoms with Gasteiger partial charge in [0.2, 0.25) is 0 Å². The number of methoxy groups -OCH3 is 2. The topological polar surface area (TPSA) is 57.2 Å². The summed E-state index contributed by atoms with van der Waals surface area (Å²) in [7, 11) is 5.45. The zero-order valence-corrected chi connectivity index (χ0v) is 18.5. The maximum absolute atomic E-state index is 12.9. The number of nitrogens with zero attached hydrogens (tertiary/aromatic N) is 1. The Morgan fingerprint density at radius 1 is 1.13 bits per heavy atom. The molecule has 2 unspecified atom stereocenters. The van der Waals surface area contributed by atoms with Gasteiger partial charge >= 0.3 is 5.97 Å². The Labute approximate surface area is 183 Å². The number of hydrogen-bond donors (Lipinski definition) is 0. The van der Waals surface area contributed by atoms with Gasteiger partial charge in [-0.2, -0.15) is 0 Å². The van der Waals surface area contributed by atoms with Gasteiger partial charge < -0.3 is 23.8 Å². The molecule has 0 aromatic heterocycles. The van der Waals surface area contributed by atoms with Crippen LogP contribution in [-0.4, -0.2) is 50.9 Å². The molecule has 1 saturated carbocycles. The molecule has 0 amide bonds. The second-order valence-corrected chi connectivity index (χ2v) is 8.96. The molecule has 1 spiro atoms. The van der Waals surface area contributed by atoms with Gasteiger partial charge in [0.25, 0.3) is 0 Å². The fraction of sp³-hybridized carbons (Fsp3) is 0.480. The van der Waals surface area contributed by atoms with E-state index in [-0.39, 0.29) is 29.5 Å². The van der Waals surface area contributed by atoms with Crippen molar-refractivity contribution in [2.45, 2.75) is 43.9 Å². The molecular formula is C25H29NO5. The lowest BCUT2D eigenvalue weighted by molar-refractivity contribution is 0.0173. The molecule has 0 radical (unpaired) electrons. The summed E-state index contributed by atoms with van der Waals surface area (Å²) >= 11 is 0. The highest BCUT2D eigenvalue weighted by Gasteiger charge is 2.62. The third kappa shape index (κ3) is 2.99. The molecule has 2 heterocycles. The molecule has 2 aliphatic heterocycles. The van der Waals surface area contributed by atoms with Gasteiger partial charge in [-0.05, 0) is 55.9 Å². The van der Waals surface area contributed by atoms with Crippen LogP contribution in [0.2, 0.25) is 0 Å². The summed E-state index contributed by atoms with van der Waals surface area (Å²) in [5.41, 5.74) is 2.91. The van der Waals surface area contributed by atoms with E-state index in [0.29, 0.717) is 17.7 Å². The first-order valence-electron chi connectivity index (χ1n) is 10.9. The van der Waals surface area contributed by atoms with Gasteiger partial charge in [-0.1, -0.05) is 13.0 Å². The normalized spacial score (nSPS) is 28.8. The number of carbonyl (C=O) groups is 1. The average Bonchev–Trinajstić information content (AvgIpc) is 3.17. The number of ether oxygens (including phenoxy) is 4. The molecule has 31 heavy (non-hydrogen) atoms. The maximum Gasteiger partial charge on any atom is 0.338 e. The van der Waals surface area contributed by atoms with Crippen molar-refractivity contribution < 1.29 is 23.7 Å². The third-order valence-corrected chi connectivity index (χ3v) is 7.48. The second kappa shape index (κ2) is 7.45. The minimum Gasteiger partial charge on any atom is -0.497 e. The average molecular weight is 424 g/mol. The molecule has 3 aliphatic rings. The quantitative estimate of drug-likeness (QED) is 0.698. The first-order chi connectivity index (χ1) is 15.0. The summed E-state index contributed by atoms with van der Waals surface area (Å²) in [5.74, 6) is 2.22. The van der Waals surface area contributed by atoms with Gasteiger partial charge in [0.1, 0.15) is 18.0 Å². The van der Waals surface area contributed by atoms with Crippen molar-refractivity contribution in [1.82, 2.24) is 4.90 Å². The van der Waals surface area contributed by atoms with Crippen LogP contribution in [0.25, 0.3) is 0 Å². The molecule has 5 rings (SSSR count). The summed E-state index contributed by atoms with van der Waals surface area (Å²) in [4.78, 5) is 15.2. The lowest BCUT2D eigenvalue weighted by Crippen LogP contribution is -2.40. The van der Waals surface area contributed by atoms with E-state index in [2.05, 4.69) is 24.9 Å². The summed E-state index contributed by atoms with van der Waals surface area (Å²) in [6.45, 7) is 4.06. The Hall–Kier alpha value is -2.73.